The summed E-state index contributed by atoms with van der Waals surface area (Å²) in [6, 6.07) is 7.53. The summed E-state index contributed by atoms with van der Waals surface area (Å²) in [6.07, 6.45) is 6.13. The first kappa shape index (κ1) is 29.1. The number of ether oxygens (including phenoxy) is 2. The fourth-order valence-corrected chi connectivity index (χ4v) is 8.02. The molecule has 2 saturated carbocycles. The first-order valence-electron chi connectivity index (χ1n) is 14.4. The number of hydrogen-bond acceptors (Lipinski definition) is 8. The second-order valence-corrected chi connectivity index (χ2v) is 13.1. The highest BCUT2D eigenvalue weighted by molar-refractivity contribution is 7.22. The number of fused-ring (bicyclic) bond motifs is 2. The normalized spacial score (nSPS) is 20.9. The van der Waals surface area contributed by atoms with Gasteiger partial charge in [-0.1, -0.05) is 30.4 Å². The van der Waals surface area contributed by atoms with Gasteiger partial charge in [0.1, 0.15) is 28.5 Å². The Kier molecular flexibility index (Phi) is 7.42. The molecule has 6 rings (SSSR count). The molecule has 4 atom stereocenters. The number of aromatic nitrogens is 3. The van der Waals surface area contributed by atoms with Crippen LogP contribution in [0.5, 0.6) is 5.75 Å². The zero-order valence-electron chi connectivity index (χ0n) is 24.7. The number of rotatable bonds is 9. The molecule has 0 spiro atoms. The number of benzene rings is 1. The molecule has 43 heavy (non-hydrogen) atoms. The van der Waals surface area contributed by atoms with E-state index in [1.54, 1.807) is 14.0 Å². The predicted molar refractivity (Wildman–Crippen MR) is 163 cm³/mol. The van der Waals surface area contributed by atoms with Crippen molar-refractivity contribution >= 4 is 27.5 Å². The van der Waals surface area contributed by atoms with Crippen LogP contribution in [-0.4, -0.2) is 38.4 Å². The molecule has 226 valence electrons. The number of methoxy groups -OCH3 is 1. The highest BCUT2D eigenvalue weighted by atomic mass is 32.1. The molecule has 1 aromatic carbocycles. The SMILES string of the molecule is C=C1C[C@@H]2CC(OC(Cn3c(=O)n(C(C)(C)C(=O)O)c(=O)c4c(C)c(-c5ncco5)sc43)c3ccccc3OC)C[C@@H]2C1. The second kappa shape index (κ2) is 10.9. The highest BCUT2D eigenvalue weighted by Gasteiger charge is 2.41. The molecular formula is C32H35N3O7S. The summed E-state index contributed by atoms with van der Waals surface area (Å²) in [7, 11) is 1.59. The lowest BCUT2D eigenvalue weighted by Gasteiger charge is -2.27. The third-order valence-corrected chi connectivity index (χ3v) is 10.3. The zero-order chi connectivity index (χ0) is 30.6. The van der Waals surface area contributed by atoms with E-state index in [0.29, 0.717) is 38.7 Å². The lowest BCUT2D eigenvalue weighted by molar-refractivity contribution is -0.146. The van der Waals surface area contributed by atoms with E-state index in [2.05, 4.69) is 11.6 Å². The van der Waals surface area contributed by atoms with Crippen molar-refractivity contribution in [2.24, 2.45) is 11.8 Å². The highest BCUT2D eigenvalue weighted by Crippen LogP contribution is 2.48. The first-order valence-corrected chi connectivity index (χ1v) is 15.2. The van der Waals surface area contributed by atoms with Gasteiger partial charge in [-0.05, 0) is 69.9 Å². The molecular weight excluding hydrogens is 570 g/mol. The van der Waals surface area contributed by atoms with Crippen LogP contribution in [0.15, 0.2) is 62.9 Å². The number of hydrogen-bond donors (Lipinski definition) is 1. The molecule has 0 aliphatic heterocycles. The van der Waals surface area contributed by atoms with Gasteiger partial charge in [-0.3, -0.25) is 9.36 Å². The summed E-state index contributed by atoms with van der Waals surface area (Å²) in [5, 5.41) is 10.3. The number of aryl methyl sites for hydroxylation is 1. The van der Waals surface area contributed by atoms with E-state index in [0.717, 1.165) is 35.8 Å². The van der Waals surface area contributed by atoms with Crippen LogP contribution in [0.1, 0.15) is 56.8 Å². The van der Waals surface area contributed by atoms with Gasteiger partial charge < -0.3 is 19.0 Å². The number of carbonyl (C=O) groups is 1. The maximum absolute atomic E-state index is 14.2. The maximum Gasteiger partial charge on any atom is 0.333 e. The number of thiophene rings is 1. The van der Waals surface area contributed by atoms with Crippen LogP contribution in [0.4, 0.5) is 0 Å². The topological polar surface area (TPSA) is 126 Å². The van der Waals surface area contributed by atoms with Gasteiger partial charge in [0.15, 0.2) is 0 Å². The lowest BCUT2D eigenvalue weighted by atomic mass is 10.0. The van der Waals surface area contributed by atoms with E-state index in [1.165, 1.54) is 47.8 Å². The Labute approximate surface area is 252 Å². The molecule has 0 radical (unpaired) electrons. The lowest BCUT2D eigenvalue weighted by Crippen LogP contribution is -2.52. The number of nitrogens with zero attached hydrogens (tertiary/aromatic N) is 3. The Hall–Kier alpha value is -3.96. The minimum atomic E-state index is -1.81. The first-order chi connectivity index (χ1) is 20.5. The second-order valence-electron chi connectivity index (χ2n) is 12.1. The van der Waals surface area contributed by atoms with Gasteiger partial charge in [0.25, 0.3) is 5.56 Å². The Morgan fingerprint density at radius 2 is 1.93 bits per heavy atom. The van der Waals surface area contributed by atoms with E-state index >= 15 is 0 Å². The molecule has 0 saturated heterocycles. The van der Waals surface area contributed by atoms with Gasteiger partial charge in [0.05, 0.1) is 36.2 Å². The van der Waals surface area contributed by atoms with E-state index < -0.39 is 28.9 Å². The van der Waals surface area contributed by atoms with Gasteiger partial charge in [-0.15, -0.1) is 11.3 Å². The van der Waals surface area contributed by atoms with Crippen LogP contribution < -0.4 is 16.0 Å². The molecule has 11 heteroatoms. The predicted octanol–water partition coefficient (Wildman–Crippen LogP) is 5.52. The van der Waals surface area contributed by atoms with Crippen molar-refractivity contribution in [1.82, 2.24) is 14.1 Å². The van der Waals surface area contributed by atoms with E-state index in [1.807, 2.05) is 24.3 Å². The van der Waals surface area contributed by atoms with Crippen LogP contribution in [0.2, 0.25) is 0 Å². The van der Waals surface area contributed by atoms with E-state index in [-0.39, 0.29) is 18.0 Å². The number of allylic oxidation sites excluding steroid dienone is 1. The van der Waals surface area contributed by atoms with Crippen LogP contribution in [0.25, 0.3) is 21.0 Å². The zero-order valence-corrected chi connectivity index (χ0v) is 25.5. The van der Waals surface area contributed by atoms with E-state index in [9.17, 15) is 19.5 Å². The summed E-state index contributed by atoms with van der Waals surface area (Å²) in [4.78, 5) is 45.8. The summed E-state index contributed by atoms with van der Waals surface area (Å²) in [6.45, 7) is 8.68. The molecule has 3 heterocycles. The Balaban J connectivity index is 1.53. The van der Waals surface area contributed by atoms with Crippen molar-refractivity contribution in [3.8, 4) is 16.5 Å². The Morgan fingerprint density at radius 1 is 1.23 bits per heavy atom. The fourth-order valence-electron chi connectivity index (χ4n) is 6.77. The average molecular weight is 606 g/mol. The summed E-state index contributed by atoms with van der Waals surface area (Å²) >= 11 is 1.22. The van der Waals surface area contributed by atoms with E-state index in [4.69, 9.17) is 13.9 Å². The molecule has 2 aliphatic rings. The third-order valence-electron chi connectivity index (χ3n) is 9.01. The minimum Gasteiger partial charge on any atom is -0.496 e. The number of para-hydroxylation sites is 1. The number of carboxylic acids is 1. The Morgan fingerprint density at radius 3 is 2.56 bits per heavy atom. The summed E-state index contributed by atoms with van der Waals surface area (Å²) < 4.78 is 20.4. The molecule has 2 fully saturated rings. The summed E-state index contributed by atoms with van der Waals surface area (Å²) in [5.41, 5.74) is -0.588. The smallest absolute Gasteiger partial charge is 0.333 e. The summed E-state index contributed by atoms with van der Waals surface area (Å²) in [5.74, 6) is 0.705. The minimum absolute atomic E-state index is 0.0291. The molecule has 2 unspecified atom stereocenters. The third kappa shape index (κ3) is 4.94. The molecule has 3 aromatic heterocycles. The molecule has 1 N–H and O–H groups in total. The van der Waals surface area contributed by atoms with Crippen molar-refractivity contribution in [3.63, 3.8) is 0 Å². The standard InChI is InChI=1S/C32H35N3O7S/c1-17-12-19-14-21(15-20(19)13-17)42-24(22-8-6-7-9-23(22)40-5)16-34-29-25(18(2)26(43-29)27-33-10-11-41-27)28(36)35(31(34)39)32(3,4)30(37)38/h6-11,19-21,24H,1,12-16H2,2-5H3,(H,37,38)/t19-,20+,21?,24?. The van der Waals surface area contributed by atoms with Gasteiger partial charge in [0, 0.05) is 5.56 Å². The van der Waals surface area contributed by atoms with Crippen molar-refractivity contribution < 1.29 is 23.8 Å². The van der Waals surface area contributed by atoms with Gasteiger partial charge >= 0.3 is 11.7 Å². The monoisotopic (exact) mass is 605 g/mol. The molecule has 0 bridgehead atoms. The van der Waals surface area contributed by atoms with Crippen LogP contribution >= 0.6 is 11.3 Å². The van der Waals surface area contributed by atoms with Crippen LogP contribution in [0.3, 0.4) is 0 Å². The van der Waals surface area contributed by atoms with Gasteiger partial charge in [-0.25, -0.2) is 19.1 Å². The molecule has 4 aromatic rings. The van der Waals surface area contributed by atoms with Gasteiger partial charge in [0.2, 0.25) is 5.89 Å². The quantitative estimate of drug-likeness (QED) is 0.247. The number of carboxylic acid groups (broad SMARTS) is 1. The molecule has 2 aliphatic carbocycles. The van der Waals surface area contributed by atoms with Gasteiger partial charge in [-0.2, -0.15) is 0 Å². The van der Waals surface area contributed by atoms with Crippen molar-refractivity contribution in [2.45, 2.75) is 70.7 Å². The van der Waals surface area contributed by atoms with Crippen LogP contribution in [0, 0.1) is 18.8 Å². The van der Waals surface area contributed by atoms with Crippen molar-refractivity contribution in [2.75, 3.05) is 7.11 Å². The van der Waals surface area contributed by atoms with Crippen LogP contribution in [-0.2, 0) is 21.6 Å². The molecule has 0 amide bonds. The average Bonchev–Trinajstić information content (AvgIpc) is 3.74. The largest absolute Gasteiger partial charge is 0.496 e. The maximum atomic E-state index is 14.2. The fraction of sp³-hybridized carbons (Fsp3) is 0.438. The van der Waals surface area contributed by atoms with Crippen molar-refractivity contribution in [1.29, 1.82) is 0 Å². The number of aliphatic carboxylic acids is 1. The Bertz CT molecular complexity index is 1820. The van der Waals surface area contributed by atoms with Crippen molar-refractivity contribution in [3.05, 3.63) is 80.8 Å². The molecule has 10 nitrogen and oxygen atoms in total. The number of oxazole rings is 1.